The van der Waals surface area contributed by atoms with Crippen molar-refractivity contribution in [3.63, 3.8) is 0 Å². The van der Waals surface area contributed by atoms with Gasteiger partial charge in [0.2, 0.25) is 0 Å². The van der Waals surface area contributed by atoms with Gasteiger partial charge in [0.1, 0.15) is 0 Å². The summed E-state index contributed by atoms with van der Waals surface area (Å²) in [5, 5.41) is 0. The maximum atomic E-state index is 10.5. The first-order valence-electron chi connectivity index (χ1n) is 2.74. The number of amides is 1. The standard InChI is InChI=1S/C5H11NO.Nb/c1-2-3-4-5(6)7;/h2-4H2,1H3,(H2,6,7);/q;+1/p-1. The van der Waals surface area contributed by atoms with Crippen LogP contribution in [0.4, 0.5) is 0 Å². The molecule has 0 atom stereocenters. The van der Waals surface area contributed by atoms with E-state index in [4.69, 9.17) is 0 Å². The van der Waals surface area contributed by atoms with Crippen LogP contribution >= 0.6 is 0 Å². The second kappa shape index (κ2) is 5.35. The Kier molecular flexibility index (Phi) is 5.49. The van der Waals surface area contributed by atoms with Crippen LogP contribution in [0.5, 0.6) is 0 Å². The third-order valence-corrected chi connectivity index (χ3v) is 1.50. The molecule has 0 bridgehead atoms. The van der Waals surface area contributed by atoms with Gasteiger partial charge < -0.3 is 0 Å². The topological polar surface area (TPSA) is 29.1 Å². The summed E-state index contributed by atoms with van der Waals surface area (Å²) in [7, 11) is 0. The van der Waals surface area contributed by atoms with Crippen molar-refractivity contribution < 1.29 is 26.1 Å². The van der Waals surface area contributed by atoms with E-state index in [1.165, 1.54) is 21.3 Å². The molecule has 0 aromatic carbocycles. The molecule has 0 aliphatic heterocycles. The molecule has 0 saturated heterocycles. The average Bonchev–Trinajstić information content (AvgIpc) is 1.83. The van der Waals surface area contributed by atoms with E-state index in [1.807, 2.05) is 0 Å². The van der Waals surface area contributed by atoms with Gasteiger partial charge in [-0.05, 0) is 0 Å². The molecule has 3 heteroatoms. The van der Waals surface area contributed by atoms with Crippen LogP contribution < -0.4 is 3.72 Å². The number of nitrogens with one attached hydrogen (secondary N) is 1. The molecule has 0 heterocycles. The van der Waals surface area contributed by atoms with Gasteiger partial charge in [0.25, 0.3) is 0 Å². The van der Waals surface area contributed by atoms with Crippen molar-refractivity contribution in [1.29, 1.82) is 0 Å². The zero-order valence-corrected chi connectivity index (χ0v) is 7.18. The van der Waals surface area contributed by atoms with Gasteiger partial charge in [-0.2, -0.15) is 0 Å². The maximum absolute atomic E-state index is 10.5. The van der Waals surface area contributed by atoms with E-state index in [0.717, 1.165) is 12.8 Å². The quantitative estimate of drug-likeness (QED) is 0.658. The molecule has 0 unspecified atom stereocenters. The third-order valence-electron chi connectivity index (χ3n) is 0.882. The van der Waals surface area contributed by atoms with Crippen molar-refractivity contribution >= 4 is 5.91 Å². The third kappa shape index (κ3) is 4.37. The molecule has 1 N–H and O–H groups in total. The van der Waals surface area contributed by atoms with E-state index in [2.05, 4.69) is 10.6 Å². The Morgan fingerprint density at radius 1 is 1.75 bits per heavy atom. The van der Waals surface area contributed by atoms with E-state index in [0.29, 0.717) is 6.42 Å². The Hall–Kier alpha value is 0.210. The number of hydrogen-bond donors (Lipinski definition) is 1. The second-order valence-corrected chi connectivity index (χ2v) is 2.19. The van der Waals surface area contributed by atoms with E-state index in [1.54, 1.807) is 0 Å². The van der Waals surface area contributed by atoms with E-state index in [-0.39, 0.29) is 5.91 Å². The number of carbonyl (C=O) groups is 1. The predicted octanol–water partition coefficient (Wildman–Crippen LogP) is 0.755. The number of rotatable bonds is 3. The number of unbranched alkanes of at least 4 members (excludes halogenated alkanes) is 1. The van der Waals surface area contributed by atoms with Crippen LogP contribution in [0.2, 0.25) is 0 Å². The fraction of sp³-hybridized carbons (Fsp3) is 0.800. The van der Waals surface area contributed by atoms with Crippen molar-refractivity contribution in [3.05, 3.63) is 0 Å². The first-order valence-corrected chi connectivity index (χ1v) is 3.84. The fourth-order valence-electron chi connectivity index (χ4n) is 0.393. The van der Waals surface area contributed by atoms with Crippen LogP contribution in [0, 0.1) is 0 Å². The van der Waals surface area contributed by atoms with Crippen LogP contribution in [-0.4, -0.2) is 5.91 Å². The second-order valence-electron chi connectivity index (χ2n) is 1.64. The summed E-state index contributed by atoms with van der Waals surface area (Å²) >= 11 is 1.35. The summed E-state index contributed by atoms with van der Waals surface area (Å²) in [6, 6.07) is 0. The molecule has 0 rings (SSSR count). The molecule has 0 saturated carbocycles. The zero-order chi connectivity index (χ0) is 6.41. The van der Waals surface area contributed by atoms with Gasteiger partial charge >= 0.3 is 61.9 Å². The van der Waals surface area contributed by atoms with Gasteiger partial charge in [-0.3, -0.25) is 0 Å². The van der Waals surface area contributed by atoms with Crippen LogP contribution in [0.3, 0.4) is 0 Å². The molecule has 0 aliphatic carbocycles. The van der Waals surface area contributed by atoms with Gasteiger partial charge in [-0.15, -0.1) is 0 Å². The van der Waals surface area contributed by atoms with Gasteiger partial charge in [0.15, 0.2) is 0 Å². The van der Waals surface area contributed by atoms with E-state index in [9.17, 15) is 4.79 Å². The fourth-order valence-corrected chi connectivity index (χ4v) is 0.668. The first kappa shape index (κ1) is 8.21. The zero-order valence-electron chi connectivity index (χ0n) is 4.98. The molecule has 46 valence electrons. The Morgan fingerprint density at radius 2 is 2.38 bits per heavy atom. The molecule has 0 radical (unpaired) electrons. The molecule has 0 aromatic rings. The van der Waals surface area contributed by atoms with E-state index < -0.39 is 0 Å². The van der Waals surface area contributed by atoms with Crippen LogP contribution in [0.25, 0.3) is 0 Å². The SMILES string of the molecule is CCCCC(=O)[NH][Nb]. The minimum atomic E-state index is 0.167. The molecular formula is C5H10NNbO. The molecule has 0 aliphatic rings. The molecule has 2 nitrogen and oxygen atoms in total. The normalized spacial score (nSPS) is 8.62. The average molecular weight is 193 g/mol. The molecular weight excluding hydrogens is 183 g/mol. The summed E-state index contributed by atoms with van der Waals surface area (Å²) in [5.41, 5.74) is 0. The first-order chi connectivity index (χ1) is 3.81. The van der Waals surface area contributed by atoms with Gasteiger partial charge in [0, 0.05) is 0 Å². The number of hydrogen-bond acceptors (Lipinski definition) is 1. The van der Waals surface area contributed by atoms with E-state index >= 15 is 0 Å². The molecule has 0 aromatic heterocycles. The van der Waals surface area contributed by atoms with Crippen LogP contribution in [0.1, 0.15) is 26.2 Å². The Labute approximate surface area is 62.3 Å². The van der Waals surface area contributed by atoms with Crippen molar-refractivity contribution in [2.75, 3.05) is 0 Å². The summed E-state index contributed by atoms with van der Waals surface area (Å²) in [4.78, 5) is 10.5. The number of carbonyl (C=O) groups excluding carboxylic acids is 1. The minimum absolute atomic E-state index is 0.167. The van der Waals surface area contributed by atoms with Crippen LogP contribution in [0.15, 0.2) is 0 Å². The van der Waals surface area contributed by atoms with Gasteiger partial charge in [-0.1, -0.05) is 0 Å². The van der Waals surface area contributed by atoms with Gasteiger partial charge in [0.05, 0.1) is 0 Å². The molecule has 8 heavy (non-hydrogen) atoms. The van der Waals surface area contributed by atoms with Crippen molar-refractivity contribution in [3.8, 4) is 0 Å². The molecule has 0 spiro atoms. The van der Waals surface area contributed by atoms with Crippen molar-refractivity contribution in [2.24, 2.45) is 0 Å². The Balaban J connectivity index is 2.99. The van der Waals surface area contributed by atoms with Crippen molar-refractivity contribution in [2.45, 2.75) is 26.2 Å². The molecule has 0 fully saturated rings. The summed E-state index contributed by atoms with van der Waals surface area (Å²) in [6.45, 7) is 2.08. The van der Waals surface area contributed by atoms with Gasteiger partial charge in [-0.25, -0.2) is 0 Å². The summed E-state index contributed by atoms with van der Waals surface area (Å²) < 4.78 is 2.61. The summed E-state index contributed by atoms with van der Waals surface area (Å²) in [5.74, 6) is 0.167. The van der Waals surface area contributed by atoms with Crippen LogP contribution in [-0.2, 0) is 26.1 Å². The monoisotopic (exact) mass is 193 g/mol. The predicted molar refractivity (Wildman–Crippen MR) is 27.7 cm³/mol. The van der Waals surface area contributed by atoms with Crippen molar-refractivity contribution in [1.82, 2.24) is 3.72 Å². The Bertz CT molecular complexity index is 74.8. The molecule has 1 amide bonds. The summed E-state index contributed by atoms with van der Waals surface area (Å²) in [6.07, 6.45) is 2.79. The Morgan fingerprint density at radius 3 is 2.75 bits per heavy atom.